The van der Waals surface area contributed by atoms with E-state index in [-0.39, 0.29) is 0 Å². The quantitative estimate of drug-likeness (QED) is 0.739. The lowest BCUT2D eigenvalue weighted by Gasteiger charge is -2.10. The van der Waals surface area contributed by atoms with Crippen LogP contribution in [0.2, 0.25) is 0 Å². The van der Waals surface area contributed by atoms with Crippen LogP contribution in [-0.2, 0) is 4.57 Å². The van der Waals surface area contributed by atoms with Crippen molar-refractivity contribution in [3.8, 4) is 0 Å². The van der Waals surface area contributed by atoms with Gasteiger partial charge in [-0.15, -0.1) is 0 Å². The van der Waals surface area contributed by atoms with E-state index in [9.17, 15) is 4.57 Å². The number of hydrogen-bond donors (Lipinski definition) is 0. The first-order valence-corrected chi connectivity index (χ1v) is 6.95. The molecule has 0 spiro atoms. The van der Waals surface area contributed by atoms with Crippen LogP contribution in [0.15, 0.2) is 42.5 Å². The van der Waals surface area contributed by atoms with Crippen molar-refractivity contribution in [2.75, 3.05) is 0 Å². The molecule has 0 aliphatic heterocycles. The van der Waals surface area contributed by atoms with Gasteiger partial charge >= 0.3 is 0 Å². The van der Waals surface area contributed by atoms with Gasteiger partial charge in [0.15, 0.2) is 0 Å². The number of hydrogen-bond acceptors (Lipinski definition) is 1. The van der Waals surface area contributed by atoms with Crippen LogP contribution < -0.4 is 10.6 Å². The van der Waals surface area contributed by atoms with Gasteiger partial charge in [-0.1, -0.05) is 35.9 Å². The van der Waals surface area contributed by atoms with E-state index >= 15 is 0 Å². The summed E-state index contributed by atoms with van der Waals surface area (Å²) in [5.74, 6) is 0. The van der Waals surface area contributed by atoms with Crippen LogP contribution in [0.5, 0.6) is 0 Å². The van der Waals surface area contributed by atoms with E-state index in [1.807, 2.05) is 44.2 Å². The van der Waals surface area contributed by atoms with Crippen molar-refractivity contribution in [3.05, 3.63) is 59.2 Å². The van der Waals surface area contributed by atoms with Crippen molar-refractivity contribution in [1.82, 2.24) is 0 Å². The zero-order valence-electron chi connectivity index (χ0n) is 10.4. The van der Waals surface area contributed by atoms with Crippen LogP contribution >= 0.6 is 7.80 Å². The molecule has 0 aliphatic carbocycles. The molecule has 87 valence electrons. The first-order valence-electron chi connectivity index (χ1n) is 5.70. The average Bonchev–Trinajstić information content (AvgIpc) is 2.28. The van der Waals surface area contributed by atoms with Gasteiger partial charge in [-0.25, -0.2) is 0 Å². The molecule has 1 nitrogen and oxygen atoms in total. The molecule has 0 N–H and O–H groups in total. The molecule has 2 rings (SSSR count). The van der Waals surface area contributed by atoms with Crippen molar-refractivity contribution in [2.24, 2.45) is 0 Å². The predicted octanol–water partition coefficient (Wildman–Crippen LogP) is 3.39. The Hall–Kier alpha value is -1.46. The molecule has 17 heavy (non-hydrogen) atoms. The largest absolute Gasteiger partial charge is 0.277 e. The van der Waals surface area contributed by atoms with E-state index in [1.54, 1.807) is 0 Å². The molecular formula is C15H16OP. The minimum atomic E-state index is -1.47. The van der Waals surface area contributed by atoms with Crippen LogP contribution in [0.4, 0.5) is 0 Å². The normalized spacial score (nSPS) is 11.4. The molecule has 0 heterocycles. The molecule has 0 saturated carbocycles. The van der Waals surface area contributed by atoms with Crippen molar-refractivity contribution in [1.29, 1.82) is 0 Å². The van der Waals surface area contributed by atoms with E-state index in [0.717, 1.165) is 21.7 Å². The minimum Gasteiger partial charge on any atom is -0.277 e. The Morgan fingerprint density at radius 1 is 0.882 bits per heavy atom. The molecule has 2 aromatic carbocycles. The van der Waals surface area contributed by atoms with Crippen molar-refractivity contribution in [2.45, 2.75) is 20.8 Å². The highest BCUT2D eigenvalue weighted by Gasteiger charge is 2.13. The molecule has 0 aromatic heterocycles. The van der Waals surface area contributed by atoms with Crippen LogP contribution in [0.3, 0.4) is 0 Å². The molecule has 2 heteroatoms. The average molecular weight is 243 g/mol. The third-order valence-electron chi connectivity index (χ3n) is 2.83. The molecule has 0 aliphatic rings. The lowest BCUT2D eigenvalue weighted by atomic mass is 10.1. The van der Waals surface area contributed by atoms with Crippen LogP contribution in [0, 0.1) is 20.8 Å². The zero-order valence-corrected chi connectivity index (χ0v) is 11.3. The summed E-state index contributed by atoms with van der Waals surface area (Å²) in [7, 11) is -1.47. The Bertz CT molecular complexity index is 535. The van der Waals surface area contributed by atoms with Gasteiger partial charge in [0.2, 0.25) is 0 Å². The summed E-state index contributed by atoms with van der Waals surface area (Å²) in [6, 6.07) is 13.9. The molecule has 1 radical (unpaired) electrons. The van der Waals surface area contributed by atoms with E-state index < -0.39 is 7.80 Å². The van der Waals surface area contributed by atoms with E-state index in [2.05, 4.69) is 19.1 Å². The highest BCUT2D eigenvalue weighted by molar-refractivity contribution is 7.61. The first kappa shape index (κ1) is 12.0. The van der Waals surface area contributed by atoms with Gasteiger partial charge in [0, 0.05) is 10.6 Å². The van der Waals surface area contributed by atoms with Crippen molar-refractivity contribution >= 4 is 18.4 Å². The summed E-state index contributed by atoms with van der Waals surface area (Å²) in [6.07, 6.45) is 0. The smallest absolute Gasteiger partial charge is 0.137 e. The predicted molar refractivity (Wildman–Crippen MR) is 74.0 cm³/mol. The Kier molecular flexibility index (Phi) is 3.40. The molecular weight excluding hydrogens is 227 g/mol. The highest BCUT2D eigenvalue weighted by Crippen LogP contribution is 2.24. The van der Waals surface area contributed by atoms with Gasteiger partial charge in [-0.2, -0.15) is 0 Å². The second-order valence-electron chi connectivity index (χ2n) is 4.38. The van der Waals surface area contributed by atoms with E-state index in [1.165, 1.54) is 5.56 Å². The van der Waals surface area contributed by atoms with Crippen LogP contribution in [0.25, 0.3) is 0 Å². The minimum absolute atomic E-state index is 0.901. The molecule has 0 saturated heterocycles. The van der Waals surface area contributed by atoms with Crippen molar-refractivity contribution in [3.63, 3.8) is 0 Å². The fourth-order valence-electron chi connectivity index (χ4n) is 2.19. The second kappa shape index (κ2) is 4.81. The van der Waals surface area contributed by atoms with Crippen molar-refractivity contribution < 1.29 is 4.57 Å². The Morgan fingerprint density at radius 2 is 1.41 bits per heavy atom. The molecule has 1 atom stereocenters. The van der Waals surface area contributed by atoms with Crippen LogP contribution in [0.1, 0.15) is 16.7 Å². The van der Waals surface area contributed by atoms with Gasteiger partial charge < -0.3 is 0 Å². The molecule has 1 unspecified atom stereocenters. The maximum absolute atomic E-state index is 12.5. The third-order valence-corrected chi connectivity index (χ3v) is 4.71. The lowest BCUT2D eigenvalue weighted by Crippen LogP contribution is -2.13. The zero-order chi connectivity index (χ0) is 12.4. The fraction of sp³-hybridized carbons (Fsp3) is 0.200. The van der Waals surface area contributed by atoms with E-state index in [4.69, 9.17) is 0 Å². The van der Waals surface area contributed by atoms with Gasteiger partial charge in [-0.3, -0.25) is 4.57 Å². The monoisotopic (exact) mass is 243 g/mol. The Morgan fingerprint density at radius 3 is 1.94 bits per heavy atom. The van der Waals surface area contributed by atoms with Crippen LogP contribution in [-0.4, -0.2) is 0 Å². The summed E-state index contributed by atoms with van der Waals surface area (Å²) in [5.41, 5.74) is 3.46. The highest BCUT2D eigenvalue weighted by atomic mass is 31.1. The van der Waals surface area contributed by atoms with Gasteiger partial charge in [0.25, 0.3) is 0 Å². The third kappa shape index (κ3) is 2.45. The molecule has 0 amide bonds. The standard InChI is InChI=1S/C15H16OP/c1-11-9-12(2)15(13(3)10-11)17(16)14-7-5-4-6-8-14/h4-10H,1-3H3. The summed E-state index contributed by atoms with van der Waals surface area (Å²) in [6.45, 7) is 6.14. The SMILES string of the molecule is Cc1cc(C)c([P](=O)c2ccccc2)c(C)c1. The number of aryl methyl sites for hydroxylation is 3. The first-order chi connectivity index (χ1) is 8.09. The maximum atomic E-state index is 12.5. The van der Waals surface area contributed by atoms with Gasteiger partial charge in [0.1, 0.15) is 7.80 Å². The number of benzene rings is 2. The Balaban J connectivity index is 2.52. The number of rotatable bonds is 2. The molecule has 0 bridgehead atoms. The molecule has 2 aromatic rings. The second-order valence-corrected chi connectivity index (χ2v) is 5.93. The molecule has 0 fully saturated rings. The topological polar surface area (TPSA) is 17.1 Å². The van der Waals surface area contributed by atoms with Gasteiger partial charge in [0.05, 0.1) is 0 Å². The lowest BCUT2D eigenvalue weighted by molar-refractivity contribution is 0.598. The summed E-state index contributed by atoms with van der Waals surface area (Å²) >= 11 is 0. The summed E-state index contributed by atoms with van der Waals surface area (Å²) in [5, 5.41) is 1.88. The fourth-order valence-corrected chi connectivity index (χ4v) is 3.66. The maximum Gasteiger partial charge on any atom is 0.137 e. The van der Waals surface area contributed by atoms with E-state index in [0.29, 0.717) is 0 Å². The van der Waals surface area contributed by atoms with Gasteiger partial charge in [-0.05, 0) is 44.0 Å². The Labute approximate surface area is 103 Å². The summed E-state index contributed by atoms with van der Waals surface area (Å²) in [4.78, 5) is 0. The summed E-state index contributed by atoms with van der Waals surface area (Å²) < 4.78 is 12.5.